The van der Waals surface area contributed by atoms with Crippen molar-refractivity contribution in [3.63, 3.8) is 0 Å². The normalized spacial score (nSPS) is 14.4. The van der Waals surface area contributed by atoms with E-state index in [1.165, 1.54) is 11.5 Å². The molecule has 168 valence electrons. The molecule has 1 aliphatic heterocycles. The van der Waals surface area contributed by atoms with Gasteiger partial charge in [-0.25, -0.2) is 0 Å². The lowest BCUT2D eigenvalue weighted by atomic mass is 10.1. The highest BCUT2D eigenvalue weighted by Gasteiger charge is 2.19. The molecule has 32 heavy (non-hydrogen) atoms. The van der Waals surface area contributed by atoms with E-state index in [1.54, 1.807) is 11.9 Å². The second-order valence-corrected chi connectivity index (χ2v) is 9.69. The molecule has 0 spiro atoms. The molecule has 3 aromatic rings. The molecule has 1 saturated heterocycles. The first kappa shape index (κ1) is 22.9. The van der Waals surface area contributed by atoms with E-state index in [0.717, 1.165) is 71.8 Å². The average molecular weight is 467 g/mol. The first-order valence-corrected chi connectivity index (χ1v) is 13.5. The molecule has 4 rings (SSSR count). The summed E-state index contributed by atoms with van der Waals surface area (Å²) < 4.78 is 11.7. The Hall–Kier alpha value is -2.27. The lowest BCUT2D eigenvalue weighted by Gasteiger charge is -2.25. The smallest absolute Gasteiger partial charge is 0.121 e. The number of ether oxygens (including phenoxy) is 1. The Labute approximate surface area is 199 Å². The maximum atomic E-state index is 10.0. The number of hydrogen-bond donors (Lipinski definition) is 1. The van der Waals surface area contributed by atoms with Gasteiger partial charge >= 0.3 is 0 Å². The van der Waals surface area contributed by atoms with E-state index in [0.29, 0.717) is 6.61 Å². The molecule has 5 nitrogen and oxygen atoms in total. The highest BCUT2D eigenvalue weighted by Crippen LogP contribution is 2.36. The van der Waals surface area contributed by atoms with Crippen LogP contribution in [-0.2, 0) is 6.54 Å². The van der Waals surface area contributed by atoms with Gasteiger partial charge in [-0.1, -0.05) is 31.0 Å². The highest BCUT2D eigenvalue weighted by molar-refractivity contribution is 7.99. The van der Waals surface area contributed by atoms with E-state index in [2.05, 4.69) is 57.5 Å². The minimum atomic E-state index is 0.687. The molecule has 0 radical (unpaired) electrons. The second-order valence-electron chi connectivity index (χ2n) is 7.85. The molecule has 1 aromatic heterocycles. The lowest BCUT2D eigenvalue weighted by Crippen LogP contribution is -2.35. The van der Waals surface area contributed by atoms with Gasteiger partial charge in [0.25, 0.3) is 0 Å². The summed E-state index contributed by atoms with van der Waals surface area (Å²) in [4.78, 5) is 2.47. The van der Waals surface area contributed by atoms with Crippen LogP contribution >= 0.6 is 23.7 Å². The number of aromatic nitrogens is 1. The summed E-state index contributed by atoms with van der Waals surface area (Å²) in [5.74, 6) is 3.30. The van der Waals surface area contributed by atoms with Gasteiger partial charge in [-0.15, -0.1) is 0 Å². The Morgan fingerprint density at radius 3 is 2.59 bits per heavy atom. The molecule has 0 atom stereocenters. The zero-order valence-electron chi connectivity index (χ0n) is 18.8. The predicted molar refractivity (Wildman–Crippen MR) is 139 cm³/mol. The first-order chi connectivity index (χ1) is 15.7. The van der Waals surface area contributed by atoms with Crippen LogP contribution in [0, 0.1) is 11.3 Å². The summed E-state index contributed by atoms with van der Waals surface area (Å²) in [5, 5.41) is 11.0. The molecule has 0 aliphatic carbocycles. The van der Waals surface area contributed by atoms with Crippen molar-refractivity contribution < 1.29 is 4.74 Å². The number of benzene rings is 2. The van der Waals surface area contributed by atoms with Crippen molar-refractivity contribution in [2.45, 2.75) is 19.9 Å². The van der Waals surface area contributed by atoms with E-state index in [9.17, 15) is 5.26 Å². The second kappa shape index (κ2) is 11.0. The van der Waals surface area contributed by atoms with Gasteiger partial charge in [-0.3, -0.25) is 4.90 Å². The Morgan fingerprint density at radius 1 is 1.12 bits per heavy atom. The molecular weight excluding hydrogens is 436 g/mol. The summed E-state index contributed by atoms with van der Waals surface area (Å²) in [6.07, 6.45) is 3.00. The maximum Gasteiger partial charge on any atom is 0.121 e. The van der Waals surface area contributed by atoms with Crippen molar-refractivity contribution in [2.75, 3.05) is 48.7 Å². The first-order valence-electron chi connectivity index (χ1n) is 11.1. The van der Waals surface area contributed by atoms with Crippen molar-refractivity contribution >= 4 is 40.3 Å². The SMILES string of the molecule is CCCn1c(-c2ccc(NSC)cc2)c(C#N)c2ccc(OCCN3CCSCC3)cc21. The molecule has 0 bridgehead atoms. The van der Waals surface area contributed by atoms with Crippen molar-refractivity contribution in [1.29, 1.82) is 5.26 Å². The van der Waals surface area contributed by atoms with Crippen molar-refractivity contribution in [1.82, 2.24) is 9.47 Å². The molecule has 1 N–H and O–H groups in total. The quantitative estimate of drug-likeness (QED) is 0.408. The molecular formula is C25H30N4OS2. The van der Waals surface area contributed by atoms with E-state index >= 15 is 0 Å². The fraction of sp³-hybridized carbons (Fsp3) is 0.400. The number of aryl methyl sites for hydroxylation is 1. The fourth-order valence-corrected chi connectivity index (χ4v) is 5.57. The van der Waals surface area contributed by atoms with Crippen LogP contribution in [-0.4, -0.2) is 53.5 Å². The molecule has 0 saturated carbocycles. The van der Waals surface area contributed by atoms with Crippen LogP contribution in [0.1, 0.15) is 18.9 Å². The van der Waals surface area contributed by atoms with Gasteiger partial charge in [0.15, 0.2) is 0 Å². The standard InChI is InChI=1S/C25H30N4OS2/c1-3-10-29-24-17-21(30-14-11-28-12-15-32-16-13-28)8-9-22(24)23(18-26)25(29)19-4-6-20(7-5-19)27-31-2/h4-9,17,27H,3,10-16H2,1-2H3. The highest BCUT2D eigenvalue weighted by atomic mass is 32.2. The summed E-state index contributed by atoms with van der Waals surface area (Å²) in [7, 11) is 0. The van der Waals surface area contributed by atoms with E-state index in [1.807, 2.05) is 30.2 Å². The number of nitrogens with zero attached hydrogens (tertiary/aromatic N) is 3. The number of fused-ring (bicyclic) bond motifs is 1. The fourth-order valence-electron chi connectivity index (χ4n) is 4.22. The van der Waals surface area contributed by atoms with Crippen LogP contribution in [0.5, 0.6) is 5.75 Å². The van der Waals surface area contributed by atoms with E-state index in [4.69, 9.17) is 4.74 Å². The van der Waals surface area contributed by atoms with Crippen LogP contribution in [0.4, 0.5) is 5.69 Å². The van der Waals surface area contributed by atoms with Crippen molar-refractivity contribution in [3.8, 4) is 23.1 Å². The van der Waals surface area contributed by atoms with Gasteiger partial charge in [0.2, 0.25) is 0 Å². The van der Waals surface area contributed by atoms with E-state index < -0.39 is 0 Å². The van der Waals surface area contributed by atoms with Gasteiger partial charge < -0.3 is 14.0 Å². The third-order valence-corrected chi connectivity index (χ3v) is 7.14. The average Bonchev–Trinajstić information content (AvgIpc) is 3.13. The Bertz CT molecular complexity index is 1080. The Kier molecular flexibility index (Phi) is 7.90. The molecule has 1 aliphatic rings. The molecule has 1 fully saturated rings. The van der Waals surface area contributed by atoms with Crippen LogP contribution in [0.3, 0.4) is 0 Å². The number of rotatable bonds is 9. The molecule has 2 aromatic carbocycles. The zero-order chi connectivity index (χ0) is 22.3. The summed E-state index contributed by atoms with van der Waals surface area (Å²) >= 11 is 3.60. The molecule has 0 amide bonds. The summed E-state index contributed by atoms with van der Waals surface area (Å²) in [6.45, 7) is 6.96. The third kappa shape index (κ3) is 5.03. The largest absolute Gasteiger partial charge is 0.492 e. The van der Waals surface area contributed by atoms with Gasteiger partial charge in [0, 0.05) is 61.1 Å². The molecule has 0 unspecified atom stereocenters. The monoisotopic (exact) mass is 466 g/mol. The summed E-state index contributed by atoms with van der Waals surface area (Å²) in [6, 6.07) is 16.9. The number of nitrogens with one attached hydrogen (secondary N) is 1. The minimum Gasteiger partial charge on any atom is -0.492 e. The number of anilines is 1. The van der Waals surface area contributed by atoms with Crippen LogP contribution < -0.4 is 9.46 Å². The van der Waals surface area contributed by atoms with Gasteiger partial charge in [0.05, 0.1) is 16.8 Å². The van der Waals surface area contributed by atoms with Crippen LogP contribution in [0.2, 0.25) is 0 Å². The molecule has 2 heterocycles. The number of hydrogen-bond acceptors (Lipinski definition) is 6. The Morgan fingerprint density at radius 2 is 1.91 bits per heavy atom. The third-order valence-electron chi connectivity index (χ3n) is 5.75. The van der Waals surface area contributed by atoms with Crippen molar-refractivity contribution in [2.24, 2.45) is 0 Å². The van der Waals surface area contributed by atoms with Gasteiger partial charge in [-0.2, -0.15) is 17.0 Å². The number of nitriles is 1. The van der Waals surface area contributed by atoms with Crippen molar-refractivity contribution in [3.05, 3.63) is 48.0 Å². The molecule has 7 heteroatoms. The Balaban J connectivity index is 1.64. The maximum absolute atomic E-state index is 10.0. The van der Waals surface area contributed by atoms with Gasteiger partial charge in [-0.05, 0) is 36.2 Å². The number of thioether (sulfide) groups is 1. The topological polar surface area (TPSA) is 53.2 Å². The summed E-state index contributed by atoms with van der Waals surface area (Å²) in [5.41, 5.74) is 4.90. The zero-order valence-corrected chi connectivity index (χ0v) is 20.4. The van der Waals surface area contributed by atoms with E-state index in [-0.39, 0.29) is 0 Å². The van der Waals surface area contributed by atoms with Crippen LogP contribution in [0.15, 0.2) is 42.5 Å². The lowest BCUT2D eigenvalue weighted by molar-refractivity contribution is 0.222. The predicted octanol–water partition coefficient (Wildman–Crippen LogP) is 5.71. The van der Waals surface area contributed by atoms with Crippen LogP contribution in [0.25, 0.3) is 22.2 Å². The minimum absolute atomic E-state index is 0.687. The van der Waals surface area contributed by atoms with Gasteiger partial charge in [0.1, 0.15) is 18.4 Å².